The van der Waals surface area contributed by atoms with Crippen LogP contribution in [0.4, 0.5) is 0 Å². The quantitative estimate of drug-likeness (QED) is 0.847. The van der Waals surface area contributed by atoms with Crippen LogP contribution in [-0.2, 0) is 11.3 Å². The van der Waals surface area contributed by atoms with Crippen LogP contribution in [0.15, 0.2) is 18.2 Å². The SMILES string of the molecule is COc1cc(CN)cc(OCC2CCCO2)c1. The second-order valence-corrected chi connectivity index (χ2v) is 4.17. The molecular formula is C13H19NO3. The van der Waals surface area contributed by atoms with Crippen LogP contribution in [0.25, 0.3) is 0 Å². The van der Waals surface area contributed by atoms with Crippen LogP contribution in [0, 0.1) is 0 Å². The molecule has 1 aliphatic rings. The van der Waals surface area contributed by atoms with Gasteiger partial charge in [-0.1, -0.05) is 0 Å². The van der Waals surface area contributed by atoms with Gasteiger partial charge in [0.1, 0.15) is 18.1 Å². The Morgan fingerprint density at radius 3 is 2.82 bits per heavy atom. The van der Waals surface area contributed by atoms with Crippen LogP contribution >= 0.6 is 0 Å². The van der Waals surface area contributed by atoms with Crippen molar-refractivity contribution < 1.29 is 14.2 Å². The van der Waals surface area contributed by atoms with Gasteiger partial charge >= 0.3 is 0 Å². The molecule has 4 heteroatoms. The molecule has 1 fully saturated rings. The van der Waals surface area contributed by atoms with Crippen LogP contribution < -0.4 is 15.2 Å². The van der Waals surface area contributed by atoms with Gasteiger partial charge in [0.05, 0.1) is 13.2 Å². The Morgan fingerprint density at radius 2 is 2.18 bits per heavy atom. The number of methoxy groups -OCH3 is 1. The van der Waals surface area contributed by atoms with E-state index in [-0.39, 0.29) is 6.10 Å². The molecule has 4 nitrogen and oxygen atoms in total. The molecule has 0 spiro atoms. The van der Waals surface area contributed by atoms with Gasteiger partial charge in [-0.3, -0.25) is 0 Å². The second kappa shape index (κ2) is 5.89. The van der Waals surface area contributed by atoms with E-state index in [0.717, 1.165) is 36.5 Å². The van der Waals surface area contributed by atoms with Crippen LogP contribution in [0.2, 0.25) is 0 Å². The number of hydrogen-bond acceptors (Lipinski definition) is 4. The zero-order valence-corrected chi connectivity index (χ0v) is 10.1. The molecule has 0 radical (unpaired) electrons. The lowest BCUT2D eigenvalue weighted by Crippen LogP contribution is -2.16. The number of nitrogens with two attached hydrogens (primary N) is 1. The molecule has 0 aromatic heterocycles. The smallest absolute Gasteiger partial charge is 0.123 e. The average molecular weight is 237 g/mol. The van der Waals surface area contributed by atoms with Crippen LogP contribution in [0.5, 0.6) is 11.5 Å². The fraction of sp³-hybridized carbons (Fsp3) is 0.538. The molecule has 94 valence electrons. The monoisotopic (exact) mass is 237 g/mol. The van der Waals surface area contributed by atoms with Gasteiger partial charge in [0.25, 0.3) is 0 Å². The second-order valence-electron chi connectivity index (χ2n) is 4.17. The van der Waals surface area contributed by atoms with Gasteiger partial charge in [-0.25, -0.2) is 0 Å². The van der Waals surface area contributed by atoms with Crippen LogP contribution in [-0.4, -0.2) is 26.4 Å². The summed E-state index contributed by atoms with van der Waals surface area (Å²) in [6, 6.07) is 5.73. The van der Waals surface area contributed by atoms with Crippen molar-refractivity contribution in [2.24, 2.45) is 5.73 Å². The molecule has 1 aliphatic heterocycles. The Hall–Kier alpha value is -1.26. The zero-order chi connectivity index (χ0) is 12.1. The Bertz CT molecular complexity index is 339. The molecule has 1 heterocycles. The molecule has 17 heavy (non-hydrogen) atoms. The van der Waals surface area contributed by atoms with Crippen molar-refractivity contribution in [2.45, 2.75) is 25.5 Å². The first kappa shape index (κ1) is 12.2. The summed E-state index contributed by atoms with van der Waals surface area (Å²) in [6.07, 6.45) is 2.43. The summed E-state index contributed by atoms with van der Waals surface area (Å²) in [6.45, 7) is 1.92. The third-order valence-electron chi connectivity index (χ3n) is 2.87. The number of rotatable bonds is 5. The maximum Gasteiger partial charge on any atom is 0.123 e. The van der Waals surface area contributed by atoms with E-state index in [1.54, 1.807) is 7.11 Å². The topological polar surface area (TPSA) is 53.7 Å². The number of benzene rings is 1. The van der Waals surface area contributed by atoms with Crippen molar-refractivity contribution in [3.63, 3.8) is 0 Å². The molecular weight excluding hydrogens is 218 g/mol. The lowest BCUT2D eigenvalue weighted by atomic mass is 10.2. The van der Waals surface area contributed by atoms with E-state index >= 15 is 0 Å². The van der Waals surface area contributed by atoms with E-state index in [4.69, 9.17) is 19.9 Å². The van der Waals surface area contributed by atoms with Gasteiger partial charge in [0.15, 0.2) is 0 Å². The summed E-state index contributed by atoms with van der Waals surface area (Å²) in [4.78, 5) is 0. The van der Waals surface area contributed by atoms with Crippen LogP contribution in [0.1, 0.15) is 18.4 Å². The highest BCUT2D eigenvalue weighted by molar-refractivity contribution is 5.38. The minimum atomic E-state index is 0.225. The van der Waals surface area contributed by atoms with E-state index in [0.29, 0.717) is 13.2 Å². The highest BCUT2D eigenvalue weighted by Crippen LogP contribution is 2.23. The molecule has 0 bridgehead atoms. The van der Waals surface area contributed by atoms with Crippen molar-refractivity contribution in [3.8, 4) is 11.5 Å². The van der Waals surface area contributed by atoms with Crippen molar-refractivity contribution in [2.75, 3.05) is 20.3 Å². The van der Waals surface area contributed by atoms with E-state index in [2.05, 4.69) is 0 Å². The molecule has 2 N–H and O–H groups in total. The van der Waals surface area contributed by atoms with Crippen molar-refractivity contribution >= 4 is 0 Å². The highest BCUT2D eigenvalue weighted by Gasteiger charge is 2.16. The van der Waals surface area contributed by atoms with Gasteiger partial charge < -0.3 is 19.9 Å². The summed E-state index contributed by atoms with van der Waals surface area (Å²) in [7, 11) is 1.64. The van der Waals surface area contributed by atoms with Gasteiger partial charge in [-0.05, 0) is 30.5 Å². The third-order valence-corrected chi connectivity index (χ3v) is 2.87. The largest absolute Gasteiger partial charge is 0.497 e. The minimum Gasteiger partial charge on any atom is -0.497 e. The van der Waals surface area contributed by atoms with Gasteiger partial charge in [-0.2, -0.15) is 0 Å². The van der Waals surface area contributed by atoms with Gasteiger partial charge in [-0.15, -0.1) is 0 Å². The maximum absolute atomic E-state index is 5.71. The van der Waals surface area contributed by atoms with Crippen molar-refractivity contribution in [3.05, 3.63) is 23.8 Å². The Labute approximate surface area is 102 Å². The fourth-order valence-electron chi connectivity index (χ4n) is 1.91. The first-order valence-electron chi connectivity index (χ1n) is 5.94. The molecule has 2 rings (SSSR count). The molecule has 0 saturated carbocycles. The van der Waals surface area contributed by atoms with E-state index < -0.39 is 0 Å². The molecule has 1 atom stereocenters. The molecule has 1 unspecified atom stereocenters. The molecule has 1 aromatic carbocycles. The van der Waals surface area contributed by atoms with E-state index in [1.807, 2.05) is 18.2 Å². The molecule has 0 amide bonds. The Morgan fingerprint density at radius 1 is 1.35 bits per heavy atom. The predicted molar refractivity (Wildman–Crippen MR) is 65.4 cm³/mol. The van der Waals surface area contributed by atoms with E-state index in [1.165, 1.54) is 0 Å². The Kier molecular flexibility index (Phi) is 4.23. The maximum atomic E-state index is 5.71. The first-order valence-corrected chi connectivity index (χ1v) is 5.94. The number of hydrogen-bond donors (Lipinski definition) is 1. The summed E-state index contributed by atoms with van der Waals surface area (Å²) in [5.41, 5.74) is 6.63. The lowest BCUT2D eigenvalue weighted by Gasteiger charge is -2.13. The van der Waals surface area contributed by atoms with Gasteiger partial charge in [0.2, 0.25) is 0 Å². The first-order chi connectivity index (χ1) is 8.31. The number of ether oxygens (including phenoxy) is 3. The molecule has 1 aromatic rings. The molecule has 1 saturated heterocycles. The average Bonchev–Trinajstić information content (AvgIpc) is 2.89. The Balaban J connectivity index is 1.98. The van der Waals surface area contributed by atoms with Gasteiger partial charge in [0, 0.05) is 19.2 Å². The highest BCUT2D eigenvalue weighted by atomic mass is 16.5. The van der Waals surface area contributed by atoms with Crippen molar-refractivity contribution in [1.29, 1.82) is 0 Å². The summed E-state index contributed by atoms with van der Waals surface area (Å²) < 4.78 is 16.4. The zero-order valence-electron chi connectivity index (χ0n) is 10.1. The predicted octanol–water partition coefficient (Wildman–Crippen LogP) is 1.71. The normalized spacial score (nSPS) is 19.3. The van der Waals surface area contributed by atoms with Crippen molar-refractivity contribution in [1.82, 2.24) is 0 Å². The standard InChI is InChI=1S/C13H19NO3/c1-15-12-5-10(8-14)6-13(7-12)17-9-11-3-2-4-16-11/h5-7,11H,2-4,8-9,14H2,1H3. The summed E-state index contributed by atoms with van der Waals surface area (Å²) in [5, 5.41) is 0. The lowest BCUT2D eigenvalue weighted by molar-refractivity contribution is 0.0678. The molecule has 0 aliphatic carbocycles. The van der Waals surface area contributed by atoms with Crippen LogP contribution in [0.3, 0.4) is 0 Å². The summed E-state index contributed by atoms with van der Waals surface area (Å²) in [5.74, 6) is 1.57. The third kappa shape index (κ3) is 3.35. The summed E-state index contributed by atoms with van der Waals surface area (Å²) >= 11 is 0. The minimum absolute atomic E-state index is 0.225. The fourth-order valence-corrected chi connectivity index (χ4v) is 1.91. The van der Waals surface area contributed by atoms with E-state index in [9.17, 15) is 0 Å².